The van der Waals surface area contributed by atoms with E-state index in [4.69, 9.17) is 10.8 Å². The van der Waals surface area contributed by atoms with Crippen molar-refractivity contribution in [1.82, 2.24) is 4.98 Å². The topological polar surface area (TPSA) is 119 Å². The van der Waals surface area contributed by atoms with Crippen LogP contribution in [-0.2, 0) is 11.2 Å². The van der Waals surface area contributed by atoms with Crippen molar-refractivity contribution in [1.29, 1.82) is 0 Å². The van der Waals surface area contributed by atoms with Crippen LogP contribution in [0.3, 0.4) is 0 Å². The van der Waals surface area contributed by atoms with Crippen LogP contribution in [0, 0.1) is 10.1 Å². The Bertz CT molecular complexity index is 478. The highest BCUT2D eigenvalue weighted by Crippen LogP contribution is 2.29. The number of hydrogen-bond donors (Lipinski definition) is 2. The molecule has 1 aromatic rings. The summed E-state index contributed by atoms with van der Waals surface area (Å²) < 4.78 is 24.8. The third kappa shape index (κ3) is 2.83. The number of pyridine rings is 1. The second-order valence-corrected chi connectivity index (χ2v) is 3.06. The van der Waals surface area contributed by atoms with Gasteiger partial charge in [-0.3, -0.25) is 14.9 Å². The molecule has 0 amide bonds. The number of anilines is 1. The fourth-order valence-electron chi connectivity index (χ4n) is 1.18. The molecule has 92 valence electrons. The first kappa shape index (κ1) is 12.7. The Morgan fingerprint density at radius 1 is 1.65 bits per heavy atom. The van der Waals surface area contributed by atoms with E-state index in [2.05, 4.69) is 4.98 Å². The first-order chi connectivity index (χ1) is 7.82. The van der Waals surface area contributed by atoms with Gasteiger partial charge >= 0.3 is 5.97 Å². The number of carboxylic acids is 1. The first-order valence-corrected chi connectivity index (χ1v) is 4.26. The monoisotopic (exact) mass is 247 g/mol. The summed E-state index contributed by atoms with van der Waals surface area (Å²) in [6.07, 6.45) is -3.77. The third-order valence-electron chi connectivity index (χ3n) is 1.89. The largest absolute Gasteiger partial charge is 0.481 e. The quantitative estimate of drug-likeness (QED) is 0.608. The molecular formula is C8H7F2N3O4. The van der Waals surface area contributed by atoms with Crippen LogP contribution in [0.15, 0.2) is 6.07 Å². The molecule has 7 nitrogen and oxygen atoms in total. The molecule has 1 aromatic heterocycles. The predicted molar refractivity (Wildman–Crippen MR) is 51.6 cm³/mol. The maximum atomic E-state index is 12.4. The highest BCUT2D eigenvalue weighted by Gasteiger charge is 2.24. The van der Waals surface area contributed by atoms with E-state index < -0.39 is 46.5 Å². The third-order valence-corrected chi connectivity index (χ3v) is 1.89. The highest BCUT2D eigenvalue weighted by molar-refractivity contribution is 5.71. The van der Waals surface area contributed by atoms with E-state index in [1.165, 1.54) is 0 Å². The van der Waals surface area contributed by atoms with E-state index in [-0.39, 0.29) is 0 Å². The molecule has 0 aliphatic heterocycles. The number of nitro groups is 1. The van der Waals surface area contributed by atoms with Crippen LogP contribution < -0.4 is 5.73 Å². The zero-order valence-corrected chi connectivity index (χ0v) is 8.26. The number of carbonyl (C=O) groups is 1. The van der Waals surface area contributed by atoms with Gasteiger partial charge in [0.25, 0.3) is 12.1 Å². The van der Waals surface area contributed by atoms with E-state index in [1.54, 1.807) is 0 Å². The molecule has 1 rings (SSSR count). The van der Waals surface area contributed by atoms with Gasteiger partial charge in [-0.25, -0.2) is 13.8 Å². The van der Waals surface area contributed by atoms with Crippen molar-refractivity contribution in [3.63, 3.8) is 0 Å². The SMILES string of the molecule is Nc1nc(CC(=O)O)c([N+](=O)[O-])cc1C(F)F. The first-order valence-electron chi connectivity index (χ1n) is 4.26. The summed E-state index contributed by atoms with van der Waals surface area (Å²) >= 11 is 0. The van der Waals surface area contributed by atoms with Gasteiger partial charge in [-0.2, -0.15) is 0 Å². The van der Waals surface area contributed by atoms with Crippen LogP contribution in [0.1, 0.15) is 17.7 Å². The van der Waals surface area contributed by atoms with E-state index in [9.17, 15) is 23.7 Å². The summed E-state index contributed by atoms with van der Waals surface area (Å²) in [4.78, 5) is 23.4. The molecule has 0 aromatic carbocycles. The zero-order valence-electron chi connectivity index (χ0n) is 8.26. The molecule has 0 unspecified atom stereocenters. The lowest BCUT2D eigenvalue weighted by Gasteiger charge is -2.06. The second kappa shape index (κ2) is 4.68. The molecule has 0 aliphatic rings. The van der Waals surface area contributed by atoms with Crippen LogP contribution >= 0.6 is 0 Å². The molecule has 9 heteroatoms. The fourth-order valence-corrected chi connectivity index (χ4v) is 1.18. The summed E-state index contributed by atoms with van der Waals surface area (Å²) in [5.74, 6) is -1.98. The molecular weight excluding hydrogens is 240 g/mol. The Balaban J connectivity index is 3.35. The van der Waals surface area contributed by atoms with Crippen LogP contribution in [-0.4, -0.2) is 21.0 Å². The van der Waals surface area contributed by atoms with Crippen molar-refractivity contribution in [2.24, 2.45) is 0 Å². The maximum Gasteiger partial charge on any atom is 0.309 e. The number of aliphatic carboxylic acids is 1. The number of hydrogen-bond acceptors (Lipinski definition) is 5. The Hall–Kier alpha value is -2.32. The number of nitrogens with two attached hydrogens (primary N) is 1. The molecule has 0 atom stereocenters. The van der Waals surface area contributed by atoms with Crippen LogP contribution in [0.2, 0.25) is 0 Å². The summed E-state index contributed by atoms with van der Waals surface area (Å²) in [7, 11) is 0. The van der Waals surface area contributed by atoms with E-state index in [1.807, 2.05) is 0 Å². The molecule has 0 saturated heterocycles. The molecule has 0 saturated carbocycles. The minimum absolute atomic E-state index is 0.454. The van der Waals surface area contributed by atoms with Gasteiger partial charge < -0.3 is 10.8 Å². The average Bonchev–Trinajstić information content (AvgIpc) is 2.15. The lowest BCUT2D eigenvalue weighted by atomic mass is 10.1. The van der Waals surface area contributed by atoms with Gasteiger partial charge in [-0.15, -0.1) is 0 Å². The normalized spacial score (nSPS) is 10.5. The number of nitrogen functional groups attached to an aromatic ring is 1. The highest BCUT2D eigenvalue weighted by atomic mass is 19.3. The molecule has 3 N–H and O–H groups in total. The number of aromatic nitrogens is 1. The van der Waals surface area contributed by atoms with E-state index in [0.717, 1.165) is 0 Å². The fraction of sp³-hybridized carbons (Fsp3) is 0.250. The van der Waals surface area contributed by atoms with Crippen molar-refractivity contribution in [2.75, 3.05) is 5.73 Å². The van der Waals surface area contributed by atoms with Gasteiger partial charge in [-0.05, 0) is 0 Å². The Morgan fingerprint density at radius 2 is 2.24 bits per heavy atom. The smallest absolute Gasteiger partial charge is 0.309 e. The Morgan fingerprint density at radius 3 is 2.65 bits per heavy atom. The van der Waals surface area contributed by atoms with Gasteiger partial charge in [0.05, 0.1) is 16.9 Å². The van der Waals surface area contributed by atoms with Gasteiger partial charge in [0.15, 0.2) is 0 Å². The number of rotatable bonds is 4. The lowest BCUT2D eigenvalue weighted by Crippen LogP contribution is -2.10. The van der Waals surface area contributed by atoms with E-state index >= 15 is 0 Å². The van der Waals surface area contributed by atoms with E-state index in [0.29, 0.717) is 6.07 Å². The Labute approximate surface area is 93.0 Å². The van der Waals surface area contributed by atoms with Gasteiger partial charge in [0.2, 0.25) is 0 Å². The molecule has 0 spiro atoms. The number of nitrogens with zero attached hydrogens (tertiary/aromatic N) is 2. The number of carboxylic acid groups (broad SMARTS) is 1. The zero-order chi connectivity index (χ0) is 13.2. The van der Waals surface area contributed by atoms with Gasteiger partial charge in [-0.1, -0.05) is 0 Å². The summed E-state index contributed by atoms with van der Waals surface area (Å²) in [6, 6.07) is 0.547. The van der Waals surface area contributed by atoms with Crippen LogP contribution in [0.5, 0.6) is 0 Å². The lowest BCUT2D eigenvalue weighted by molar-refractivity contribution is -0.386. The van der Waals surface area contributed by atoms with Crippen LogP contribution in [0.4, 0.5) is 20.3 Å². The van der Waals surface area contributed by atoms with Crippen molar-refractivity contribution in [3.8, 4) is 0 Å². The second-order valence-electron chi connectivity index (χ2n) is 3.06. The molecule has 0 aliphatic carbocycles. The molecule has 1 heterocycles. The minimum atomic E-state index is -3.01. The van der Waals surface area contributed by atoms with Crippen molar-refractivity contribution in [3.05, 3.63) is 27.4 Å². The minimum Gasteiger partial charge on any atom is -0.481 e. The summed E-state index contributed by atoms with van der Waals surface area (Å²) in [5.41, 5.74) is 3.14. The van der Waals surface area contributed by atoms with Crippen molar-refractivity contribution >= 4 is 17.5 Å². The number of halogens is 2. The number of alkyl halides is 2. The molecule has 17 heavy (non-hydrogen) atoms. The van der Waals surface area contributed by atoms with Crippen molar-refractivity contribution < 1.29 is 23.6 Å². The van der Waals surface area contributed by atoms with Crippen molar-refractivity contribution in [2.45, 2.75) is 12.8 Å². The standard InChI is InChI=1S/C8H7F2N3O4/c9-7(10)3-1-5(13(16)17)4(2-6(14)15)12-8(3)11/h1,7H,2H2,(H2,11,12)(H,14,15). The molecule has 0 bridgehead atoms. The Kier molecular flexibility index (Phi) is 3.51. The van der Waals surface area contributed by atoms with Gasteiger partial charge in [0, 0.05) is 6.07 Å². The predicted octanol–water partition coefficient (Wildman–Crippen LogP) is 1.14. The molecule has 0 radical (unpaired) electrons. The van der Waals surface area contributed by atoms with Crippen LogP contribution in [0.25, 0.3) is 0 Å². The summed E-state index contributed by atoms with van der Waals surface area (Å²) in [5, 5.41) is 19.1. The maximum absolute atomic E-state index is 12.4. The average molecular weight is 247 g/mol. The summed E-state index contributed by atoms with van der Waals surface area (Å²) in [6.45, 7) is 0. The molecule has 0 fully saturated rings. The van der Waals surface area contributed by atoms with Gasteiger partial charge in [0.1, 0.15) is 11.5 Å².